The Morgan fingerprint density at radius 2 is 1.63 bits per heavy atom. The second-order valence-corrected chi connectivity index (χ2v) is 17.2. The van der Waals surface area contributed by atoms with Gasteiger partial charge in [0.05, 0.1) is 12.5 Å². The number of carboxylic acid groups (broad SMARTS) is 1. The molecule has 1 aromatic carbocycles. The number of carbonyl (C=O) groups excluding carboxylic acids is 1. The van der Waals surface area contributed by atoms with Crippen LogP contribution in [0, 0.1) is 44.3 Å². The zero-order valence-electron chi connectivity index (χ0n) is 29.2. The van der Waals surface area contributed by atoms with E-state index in [9.17, 15) is 19.8 Å². The van der Waals surface area contributed by atoms with Crippen LogP contribution in [0.2, 0.25) is 0 Å². The number of ether oxygens (including phenoxy) is 2. The molecule has 6 heteroatoms. The number of allylic oxidation sites excluding steroid dienone is 4. The summed E-state index contributed by atoms with van der Waals surface area (Å²) in [6, 6.07) is 4.98. The molecule has 3 fully saturated rings. The summed E-state index contributed by atoms with van der Waals surface area (Å²) in [4.78, 5) is 25.5. The molecule has 46 heavy (non-hydrogen) atoms. The van der Waals surface area contributed by atoms with E-state index in [4.69, 9.17) is 9.47 Å². The molecule has 6 rings (SSSR count). The number of esters is 1. The van der Waals surface area contributed by atoms with Crippen LogP contribution >= 0.6 is 0 Å². The number of carbonyl (C=O) groups is 2. The fourth-order valence-electron chi connectivity index (χ4n) is 11.1. The number of hydrogen-bond acceptors (Lipinski definition) is 5. The summed E-state index contributed by atoms with van der Waals surface area (Å²) in [5.74, 6) is 0.118. The number of aromatic hydroxyl groups is 1. The maximum atomic E-state index is 13.1. The molecule has 0 radical (unpaired) electrons. The van der Waals surface area contributed by atoms with Gasteiger partial charge in [-0.1, -0.05) is 59.8 Å². The fourth-order valence-corrected chi connectivity index (χ4v) is 11.1. The Kier molecular flexibility index (Phi) is 7.69. The second kappa shape index (κ2) is 10.8. The van der Waals surface area contributed by atoms with E-state index in [1.165, 1.54) is 24.3 Å². The van der Waals surface area contributed by atoms with E-state index in [-0.39, 0.29) is 44.9 Å². The largest absolute Gasteiger partial charge is 0.504 e. The highest BCUT2D eigenvalue weighted by molar-refractivity contribution is 5.87. The first kappa shape index (κ1) is 32.9. The topological polar surface area (TPSA) is 93.1 Å². The summed E-state index contributed by atoms with van der Waals surface area (Å²) in [6.07, 6.45) is 16.6. The van der Waals surface area contributed by atoms with E-state index in [1.54, 1.807) is 24.3 Å². The Labute approximate surface area is 275 Å². The van der Waals surface area contributed by atoms with Gasteiger partial charge in [0.15, 0.2) is 11.5 Å². The van der Waals surface area contributed by atoms with Gasteiger partial charge in [-0.15, -0.1) is 0 Å². The van der Waals surface area contributed by atoms with Gasteiger partial charge in [0, 0.05) is 11.5 Å². The molecule has 5 aliphatic rings. The minimum atomic E-state index is -0.653. The predicted octanol–water partition coefficient (Wildman–Crippen LogP) is 9.13. The van der Waals surface area contributed by atoms with E-state index in [0.717, 1.165) is 63.4 Å². The average Bonchev–Trinajstić information content (AvgIpc) is 3.00. The van der Waals surface area contributed by atoms with Crippen molar-refractivity contribution in [3.8, 4) is 11.5 Å². The van der Waals surface area contributed by atoms with Crippen molar-refractivity contribution in [3.05, 3.63) is 53.1 Å². The maximum Gasteiger partial charge on any atom is 0.331 e. The highest BCUT2D eigenvalue weighted by Gasteiger charge is 2.66. The summed E-state index contributed by atoms with van der Waals surface area (Å²) in [5.41, 5.74) is 3.07. The third-order valence-corrected chi connectivity index (χ3v) is 14.6. The monoisotopic (exact) mass is 630 g/mol. The summed E-state index contributed by atoms with van der Waals surface area (Å²) in [7, 11) is 1.50. The lowest BCUT2D eigenvalue weighted by Crippen LogP contribution is -2.61. The van der Waals surface area contributed by atoms with Gasteiger partial charge in [-0.05, 0) is 133 Å². The van der Waals surface area contributed by atoms with Gasteiger partial charge in [-0.25, -0.2) is 4.79 Å². The van der Waals surface area contributed by atoms with Crippen molar-refractivity contribution < 1.29 is 29.3 Å². The lowest BCUT2D eigenvalue weighted by molar-refractivity contribution is -0.172. The zero-order valence-corrected chi connectivity index (χ0v) is 29.2. The van der Waals surface area contributed by atoms with E-state index in [0.29, 0.717) is 17.6 Å². The predicted molar refractivity (Wildman–Crippen MR) is 180 cm³/mol. The standard InChI is InChI=1S/C40H54O6/c1-35(2)30-13-11-27-26(15-18-40(7)31-24-37(4,34(43)44)20-19-36(31,3)21-22-39(27,40)6)38(30,5)17-16-32(35)46-33(42)14-10-25-9-12-28(41)29(23-25)45-8/h9-12,14-15,23,30-32,41H,13,16-22,24H2,1-8H3,(H,43,44)/t30-,31+,32-,36+,37+,38+,39+,40-/m0/s1. The van der Waals surface area contributed by atoms with E-state index < -0.39 is 11.4 Å². The number of benzene rings is 1. The van der Waals surface area contributed by atoms with Crippen LogP contribution in [0.3, 0.4) is 0 Å². The van der Waals surface area contributed by atoms with Crippen molar-refractivity contribution in [1.29, 1.82) is 0 Å². The van der Waals surface area contributed by atoms with E-state index in [2.05, 4.69) is 53.7 Å². The van der Waals surface area contributed by atoms with Gasteiger partial charge < -0.3 is 19.7 Å². The van der Waals surface area contributed by atoms with Crippen molar-refractivity contribution in [1.82, 2.24) is 0 Å². The Hall–Kier alpha value is -3.02. The van der Waals surface area contributed by atoms with Crippen molar-refractivity contribution in [3.63, 3.8) is 0 Å². The molecule has 0 aliphatic heterocycles. The number of aliphatic carboxylic acids is 1. The van der Waals surface area contributed by atoms with Gasteiger partial charge in [-0.2, -0.15) is 0 Å². The molecule has 0 saturated heterocycles. The number of fused-ring (bicyclic) bond motifs is 7. The van der Waals surface area contributed by atoms with Crippen LogP contribution in [-0.4, -0.2) is 35.4 Å². The molecular weight excluding hydrogens is 576 g/mol. The number of phenolic OH excluding ortho intramolecular Hbond substituents is 1. The first-order valence-corrected chi connectivity index (χ1v) is 17.3. The minimum absolute atomic E-state index is 0.00115. The summed E-state index contributed by atoms with van der Waals surface area (Å²) < 4.78 is 11.4. The van der Waals surface area contributed by atoms with Crippen LogP contribution in [-0.2, 0) is 14.3 Å². The molecule has 0 unspecified atom stereocenters. The Morgan fingerprint density at radius 3 is 2.33 bits per heavy atom. The van der Waals surface area contributed by atoms with Gasteiger partial charge in [0.25, 0.3) is 0 Å². The van der Waals surface area contributed by atoms with E-state index >= 15 is 0 Å². The molecule has 8 atom stereocenters. The summed E-state index contributed by atoms with van der Waals surface area (Å²) in [6.45, 7) is 16.4. The maximum absolute atomic E-state index is 13.1. The first-order valence-electron chi connectivity index (χ1n) is 17.3. The van der Waals surface area contributed by atoms with Gasteiger partial charge in [0.2, 0.25) is 0 Å². The van der Waals surface area contributed by atoms with Crippen LogP contribution in [0.1, 0.15) is 112 Å². The first-order chi connectivity index (χ1) is 21.4. The molecule has 3 saturated carbocycles. The number of phenols is 1. The van der Waals surface area contributed by atoms with Crippen LogP contribution in [0.15, 0.2) is 47.6 Å². The van der Waals surface area contributed by atoms with Crippen LogP contribution < -0.4 is 4.74 Å². The smallest absolute Gasteiger partial charge is 0.331 e. The summed E-state index contributed by atoms with van der Waals surface area (Å²) in [5, 5.41) is 20.1. The quantitative estimate of drug-likeness (QED) is 0.249. The lowest BCUT2D eigenvalue weighted by atomic mass is 9.35. The molecule has 1 aromatic rings. The molecule has 0 bridgehead atoms. The average molecular weight is 631 g/mol. The minimum Gasteiger partial charge on any atom is -0.504 e. The molecule has 2 N–H and O–H groups in total. The highest BCUT2D eigenvalue weighted by atomic mass is 16.5. The number of hydrogen-bond donors (Lipinski definition) is 2. The molecule has 0 spiro atoms. The van der Waals surface area contributed by atoms with Gasteiger partial charge in [-0.3, -0.25) is 4.79 Å². The third-order valence-electron chi connectivity index (χ3n) is 14.6. The number of carboxylic acids is 1. The molecule has 250 valence electrons. The van der Waals surface area contributed by atoms with E-state index in [1.807, 2.05) is 6.92 Å². The molecule has 0 aromatic heterocycles. The Morgan fingerprint density at radius 1 is 0.913 bits per heavy atom. The molecule has 0 heterocycles. The van der Waals surface area contributed by atoms with Crippen molar-refractivity contribution in [2.75, 3.05) is 7.11 Å². The SMILES string of the molecule is COc1cc(C=CC(=O)O[C@H]2CC[C@]3(C)C4=CC[C@@]5(C)[C@@H]6C[C@](C)(C(=O)O)CC[C@]6(C)CC[C@]5(C)C4=CC[C@H]3C2(C)C)ccc1O. The molecular formula is C40H54O6. The third kappa shape index (κ3) is 4.71. The van der Waals surface area contributed by atoms with Crippen molar-refractivity contribution in [2.45, 2.75) is 112 Å². The van der Waals surface area contributed by atoms with Crippen molar-refractivity contribution in [2.24, 2.45) is 44.3 Å². The Balaban J connectivity index is 1.25. The van der Waals surface area contributed by atoms with Crippen LogP contribution in [0.4, 0.5) is 0 Å². The van der Waals surface area contributed by atoms with Gasteiger partial charge >= 0.3 is 11.9 Å². The van der Waals surface area contributed by atoms with Crippen molar-refractivity contribution >= 4 is 18.0 Å². The molecule has 6 nitrogen and oxygen atoms in total. The fraction of sp³-hybridized carbons (Fsp3) is 0.650. The zero-order chi connectivity index (χ0) is 33.5. The van der Waals surface area contributed by atoms with Crippen LogP contribution in [0.25, 0.3) is 6.08 Å². The van der Waals surface area contributed by atoms with Gasteiger partial charge in [0.1, 0.15) is 6.10 Å². The summed E-state index contributed by atoms with van der Waals surface area (Å²) >= 11 is 0. The highest BCUT2D eigenvalue weighted by Crippen LogP contribution is 2.74. The van der Waals surface area contributed by atoms with Crippen LogP contribution in [0.5, 0.6) is 11.5 Å². The second-order valence-electron chi connectivity index (χ2n) is 17.2. The lowest BCUT2D eigenvalue weighted by Gasteiger charge is -2.68. The molecule has 0 amide bonds. The number of methoxy groups -OCH3 is 1. The number of rotatable bonds is 5. The Bertz CT molecular complexity index is 1530. The molecule has 5 aliphatic carbocycles. The normalized spacial score (nSPS) is 41.2.